The molecule has 0 spiro atoms. The molecule has 0 aliphatic rings. The van der Waals surface area contributed by atoms with Gasteiger partial charge in [0.2, 0.25) is 0 Å². The molecule has 0 amide bonds. The lowest BCUT2D eigenvalue weighted by molar-refractivity contribution is 0.287. The Kier molecular flexibility index (Phi) is 6.31. The Morgan fingerprint density at radius 1 is 1.07 bits per heavy atom. The van der Waals surface area contributed by atoms with E-state index < -0.39 is 0 Å². The highest BCUT2D eigenvalue weighted by atomic mass is 16.5. The average Bonchev–Trinajstić information content (AvgIpc) is 2.68. The number of pyridine rings is 1. The van der Waals surface area contributed by atoms with E-state index in [0.717, 1.165) is 28.3 Å². The summed E-state index contributed by atoms with van der Waals surface area (Å²) in [6.45, 7) is 9.60. The van der Waals surface area contributed by atoms with Crippen LogP contribution < -0.4 is 20.3 Å². The first-order valence-corrected chi connectivity index (χ1v) is 9.63. The zero-order valence-electron chi connectivity index (χ0n) is 16.9. The van der Waals surface area contributed by atoms with E-state index in [0.29, 0.717) is 25.4 Å². The lowest BCUT2D eigenvalue weighted by Crippen LogP contribution is -2.22. The number of fused-ring (bicyclic) bond motifs is 1. The minimum atomic E-state index is -0.0714. The van der Waals surface area contributed by atoms with E-state index in [1.54, 1.807) is 16.7 Å². The molecule has 0 unspecified atom stereocenters. The average molecular weight is 381 g/mol. The predicted octanol–water partition coefficient (Wildman–Crippen LogP) is 3.65. The number of hydrogen-bond acceptors (Lipinski definition) is 5. The Labute approximate surface area is 165 Å². The van der Waals surface area contributed by atoms with Crippen molar-refractivity contribution in [3.8, 4) is 11.5 Å². The van der Waals surface area contributed by atoms with E-state index in [1.807, 2.05) is 51.1 Å². The summed E-state index contributed by atoms with van der Waals surface area (Å²) in [4.78, 5) is 16.9. The largest absolute Gasteiger partial charge is 0.490 e. The van der Waals surface area contributed by atoms with Gasteiger partial charge in [0.15, 0.2) is 11.5 Å². The van der Waals surface area contributed by atoms with Gasteiger partial charge in [-0.3, -0.25) is 9.20 Å². The molecule has 0 saturated carbocycles. The zero-order valence-corrected chi connectivity index (χ0v) is 16.9. The molecule has 2 heterocycles. The van der Waals surface area contributed by atoms with E-state index in [-0.39, 0.29) is 11.6 Å². The molecule has 0 aliphatic carbocycles. The van der Waals surface area contributed by atoms with Crippen LogP contribution in [0.5, 0.6) is 11.5 Å². The normalized spacial score (nSPS) is 12.1. The number of benzene rings is 1. The predicted molar refractivity (Wildman–Crippen MR) is 110 cm³/mol. The van der Waals surface area contributed by atoms with Crippen molar-refractivity contribution in [2.75, 3.05) is 13.2 Å². The first kappa shape index (κ1) is 19.9. The maximum Gasteiger partial charge on any atom is 0.258 e. The van der Waals surface area contributed by atoms with Crippen LogP contribution in [0.15, 0.2) is 47.4 Å². The van der Waals surface area contributed by atoms with Crippen LogP contribution in [0.4, 0.5) is 0 Å². The van der Waals surface area contributed by atoms with Crippen molar-refractivity contribution >= 4 is 5.65 Å². The van der Waals surface area contributed by atoms with Crippen molar-refractivity contribution in [3.63, 3.8) is 0 Å². The molecule has 1 N–H and O–H groups in total. The highest BCUT2D eigenvalue weighted by Gasteiger charge is 2.12. The second-order valence-electron chi connectivity index (χ2n) is 6.70. The molecule has 1 atom stereocenters. The van der Waals surface area contributed by atoms with Gasteiger partial charge in [0.05, 0.1) is 18.9 Å². The Morgan fingerprint density at radius 3 is 2.57 bits per heavy atom. The topological polar surface area (TPSA) is 64.9 Å². The fourth-order valence-corrected chi connectivity index (χ4v) is 3.06. The van der Waals surface area contributed by atoms with E-state index in [2.05, 4.69) is 17.2 Å². The molecule has 1 aromatic carbocycles. The van der Waals surface area contributed by atoms with E-state index in [4.69, 9.17) is 9.47 Å². The van der Waals surface area contributed by atoms with Crippen molar-refractivity contribution in [1.82, 2.24) is 14.7 Å². The Hall–Kier alpha value is -2.86. The monoisotopic (exact) mass is 381 g/mol. The fraction of sp³-hybridized carbons (Fsp3) is 0.364. The van der Waals surface area contributed by atoms with Gasteiger partial charge in [-0.25, -0.2) is 4.98 Å². The number of hydrogen-bond donors (Lipinski definition) is 1. The number of aryl methyl sites for hydroxylation is 1. The van der Waals surface area contributed by atoms with E-state index in [9.17, 15) is 4.79 Å². The molecule has 6 heteroatoms. The quantitative estimate of drug-likeness (QED) is 0.645. The summed E-state index contributed by atoms with van der Waals surface area (Å²) in [6, 6.07) is 11.4. The molecule has 0 aliphatic heterocycles. The molecule has 2 aromatic heterocycles. The van der Waals surface area contributed by atoms with Gasteiger partial charge in [-0.05, 0) is 57.0 Å². The first-order valence-electron chi connectivity index (χ1n) is 9.63. The minimum Gasteiger partial charge on any atom is -0.490 e. The Bertz CT molecular complexity index is 1010. The summed E-state index contributed by atoms with van der Waals surface area (Å²) in [5, 5.41) is 3.43. The Balaban J connectivity index is 1.75. The third-order valence-corrected chi connectivity index (χ3v) is 4.52. The van der Waals surface area contributed by atoms with Gasteiger partial charge in [-0.2, -0.15) is 0 Å². The minimum absolute atomic E-state index is 0.0631. The SMILES string of the molecule is CCOc1ccc([C@@H](C)NCc2cc(=O)n3cc(C)ccc3n2)cc1OCC. The highest BCUT2D eigenvalue weighted by molar-refractivity contribution is 5.44. The number of ether oxygens (including phenoxy) is 2. The molecule has 3 aromatic rings. The van der Waals surface area contributed by atoms with Crippen molar-refractivity contribution < 1.29 is 9.47 Å². The lowest BCUT2D eigenvalue weighted by atomic mass is 10.1. The van der Waals surface area contributed by atoms with Crippen molar-refractivity contribution in [1.29, 1.82) is 0 Å². The molecule has 0 fully saturated rings. The summed E-state index contributed by atoms with van der Waals surface area (Å²) in [7, 11) is 0. The van der Waals surface area contributed by atoms with Crippen LogP contribution in [0, 0.1) is 6.92 Å². The Morgan fingerprint density at radius 2 is 1.82 bits per heavy atom. The number of nitrogens with zero attached hydrogens (tertiary/aromatic N) is 2. The van der Waals surface area contributed by atoms with Gasteiger partial charge in [0.1, 0.15) is 5.65 Å². The molecular formula is C22H27N3O3. The second-order valence-corrected chi connectivity index (χ2v) is 6.70. The third-order valence-electron chi connectivity index (χ3n) is 4.52. The zero-order chi connectivity index (χ0) is 20.1. The van der Waals surface area contributed by atoms with Crippen LogP contribution in [-0.4, -0.2) is 22.6 Å². The van der Waals surface area contributed by atoms with Gasteiger partial charge in [-0.1, -0.05) is 12.1 Å². The van der Waals surface area contributed by atoms with Crippen LogP contribution in [0.25, 0.3) is 5.65 Å². The summed E-state index contributed by atoms with van der Waals surface area (Å²) in [6.07, 6.45) is 1.81. The fourth-order valence-electron chi connectivity index (χ4n) is 3.06. The number of aromatic nitrogens is 2. The molecule has 0 radical (unpaired) electrons. The van der Waals surface area contributed by atoms with E-state index in [1.165, 1.54) is 0 Å². The molecule has 3 rings (SSSR count). The first-order chi connectivity index (χ1) is 13.5. The second kappa shape index (κ2) is 8.89. The molecular weight excluding hydrogens is 354 g/mol. The maximum absolute atomic E-state index is 12.3. The smallest absolute Gasteiger partial charge is 0.258 e. The van der Waals surface area contributed by atoms with Crippen molar-refractivity contribution in [2.45, 2.75) is 40.3 Å². The summed E-state index contributed by atoms with van der Waals surface area (Å²) in [5.41, 5.74) is 3.41. The van der Waals surface area contributed by atoms with Gasteiger partial charge >= 0.3 is 0 Å². The summed E-state index contributed by atoms with van der Waals surface area (Å²) < 4.78 is 12.9. The van der Waals surface area contributed by atoms with E-state index >= 15 is 0 Å². The van der Waals surface area contributed by atoms with Gasteiger partial charge in [-0.15, -0.1) is 0 Å². The maximum atomic E-state index is 12.3. The van der Waals surface area contributed by atoms with Crippen LogP contribution in [0.3, 0.4) is 0 Å². The van der Waals surface area contributed by atoms with Gasteiger partial charge in [0.25, 0.3) is 5.56 Å². The molecule has 148 valence electrons. The van der Waals surface area contributed by atoms with Crippen molar-refractivity contribution in [3.05, 3.63) is 69.8 Å². The molecule has 0 bridgehead atoms. The number of rotatable bonds is 8. The van der Waals surface area contributed by atoms with Crippen LogP contribution >= 0.6 is 0 Å². The molecule has 6 nitrogen and oxygen atoms in total. The highest BCUT2D eigenvalue weighted by Crippen LogP contribution is 2.30. The molecule has 28 heavy (non-hydrogen) atoms. The number of nitrogens with one attached hydrogen (secondary N) is 1. The lowest BCUT2D eigenvalue weighted by Gasteiger charge is -2.17. The van der Waals surface area contributed by atoms with Gasteiger partial charge < -0.3 is 14.8 Å². The van der Waals surface area contributed by atoms with Crippen LogP contribution in [0.1, 0.15) is 43.6 Å². The van der Waals surface area contributed by atoms with Crippen LogP contribution in [0.2, 0.25) is 0 Å². The van der Waals surface area contributed by atoms with Crippen LogP contribution in [-0.2, 0) is 6.54 Å². The summed E-state index contributed by atoms with van der Waals surface area (Å²) >= 11 is 0. The standard InChI is InChI=1S/C22H27N3O3/c1-5-27-19-9-8-17(11-20(19)28-6-2)16(4)23-13-18-12-22(26)25-14-15(3)7-10-21(25)24-18/h7-12,14,16,23H,5-6,13H2,1-4H3/t16-/m1/s1. The third kappa shape index (κ3) is 4.51. The summed E-state index contributed by atoms with van der Waals surface area (Å²) in [5.74, 6) is 1.49. The van der Waals surface area contributed by atoms with Crippen molar-refractivity contribution in [2.24, 2.45) is 0 Å². The molecule has 0 saturated heterocycles. The van der Waals surface area contributed by atoms with Gasteiger partial charge in [0, 0.05) is 24.8 Å².